The van der Waals surface area contributed by atoms with E-state index in [9.17, 15) is 26.3 Å². The lowest BCUT2D eigenvalue weighted by molar-refractivity contribution is -0.757. The minimum absolute atomic E-state index is 0.00338. The first kappa shape index (κ1) is 27.1. The van der Waals surface area contributed by atoms with Crippen LogP contribution in [0.4, 0.5) is 35.1 Å². The Morgan fingerprint density at radius 3 is 1.89 bits per heavy atom. The number of fused-ring (bicyclic) bond motifs is 3. The zero-order chi connectivity index (χ0) is 27.5. The van der Waals surface area contributed by atoms with Gasteiger partial charge in [0.2, 0.25) is 5.69 Å². The Bertz CT molecular complexity index is 1330. The molecule has 2 heterocycles. The molecule has 2 aromatic carbocycles. The van der Waals surface area contributed by atoms with E-state index in [1.807, 2.05) is 31.5 Å². The molecule has 4 rings (SSSR count). The first-order chi connectivity index (χ1) is 17.1. The molecule has 0 unspecified atom stereocenters. The van der Waals surface area contributed by atoms with Crippen LogP contribution in [0.25, 0.3) is 22.4 Å². The number of aromatic nitrogens is 1. The lowest BCUT2D eigenvalue weighted by Crippen LogP contribution is -2.56. The highest BCUT2D eigenvalue weighted by atomic mass is 19.4. The van der Waals surface area contributed by atoms with E-state index in [1.165, 1.54) is 6.92 Å². The minimum atomic E-state index is -5.15. The second-order valence-electron chi connectivity index (χ2n) is 9.67. The summed E-state index contributed by atoms with van der Waals surface area (Å²) >= 11 is 0. The van der Waals surface area contributed by atoms with Crippen molar-refractivity contribution < 1.29 is 39.7 Å². The predicted octanol–water partition coefficient (Wildman–Crippen LogP) is 8.70. The number of alkyl halides is 6. The van der Waals surface area contributed by atoms with Crippen LogP contribution in [0.2, 0.25) is 0 Å². The van der Waals surface area contributed by atoms with Gasteiger partial charge in [0, 0.05) is 30.9 Å². The monoisotopic (exact) mass is 528 g/mol. The maximum Gasteiger partial charge on any atom is 0.416 e. The average molecular weight is 529 g/mol. The van der Waals surface area contributed by atoms with Crippen LogP contribution in [0.15, 0.2) is 36.5 Å². The van der Waals surface area contributed by atoms with Gasteiger partial charge in [-0.1, -0.05) is 13.8 Å². The fourth-order valence-corrected chi connectivity index (χ4v) is 5.42. The fraction of sp³-hybridized carbons (Fsp3) is 0.393. The molecule has 0 aliphatic carbocycles. The molecule has 0 N–H and O–H groups in total. The van der Waals surface area contributed by atoms with Gasteiger partial charge < -0.3 is 0 Å². The van der Waals surface area contributed by atoms with Crippen LogP contribution in [0, 0.1) is 25.5 Å². The number of hydrogen-bond donors (Lipinski definition) is 0. The SMILES string of the molecule is CCC1(CC)CCc2c(C)c(F)c(-c3cc(C(F)(F)F)cc(C(F)(F)F)c3)c(F)c2-c2ccc(C)c[n+]21. The Kier molecular flexibility index (Phi) is 6.66. The van der Waals surface area contributed by atoms with Crippen LogP contribution in [0.1, 0.15) is 60.9 Å². The van der Waals surface area contributed by atoms with Gasteiger partial charge in [0.1, 0.15) is 11.6 Å². The second-order valence-corrected chi connectivity index (χ2v) is 9.67. The molecule has 1 aromatic heterocycles. The topological polar surface area (TPSA) is 3.88 Å². The summed E-state index contributed by atoms with van der Waals surface area (Å²) in [4.78, 5) is 0. The van der Waals surface area contributed by atoms with E-state index in [4.69, 9.17) is 0 Å². The van der Waals surface area contributed by atoms with Gasteiger partial charge in [-0.3, -0.25) is 0 Å². The molecular weight excluding hydrogens is 502 g/mol. The van der Waals surface area contributed by atoms with Crippen LogP contribution in [0.5, 0.6) is 0 Å². The van der Waals surface area contributed by atoms with Gasteiger partial charge in [-0.2, -0.15) is 30.9 Å². The number of rotatable bonds is 3. The van der Waals surface area contributed by atoms with Crippen molar-refractivity contribution in [3.05, 3.63) is 76.0 Å². The normalized spacial score (nSPS) is 15.2. The van der Waals surface area contributed by atoms with Crippen molar-refractivity contribution in [2.75, 3.05) is 0 Å². The van der Waals surface area contributed by atoms with E-state index in [0.717, 1.165) is 5.56 Å². The number of benzene rings is 2. The number of halogens is 8. The zero-order valence-corrected chi connectivity index (χ0v) is 20.8. The van der Waals surface area contributed by atoms with Crippen LogP contribution in [-0.4, -0.2) is 0 Å². The largest absolute Gasteiger partial charge is 0.416 e. The van der Waals surface area contributed by atoms with Gasteiger partial charge in [-0.15, -0.1) is 0 Å². The number of pyridine rings is 1. The molecule has 3 aromatic rings. The van der Waals surface area contributed by atoms with Gasteiger partial charge in [-0.25, -0.2) is 8.78 Å². The van der Waals surface area contributed by atoms with Crippen LogP contribution < -0.4 is 4.57 Å². The molecule has 37 heavy (non-hydrogen) atoms. The Labute approximate surface area is 209 Å². The molecule has 0 amide bonds. The third kappa shape index (κ3) is 4.50. The van der Waals surface area contributed by atoms with Crippen LogP contribution >= 0.6 is 0 Å². The fourth-order valence-electron chi connectivity index (χ4n) is 5.42. The molecule has 198 valence electrons. The summed E-state index contributed by atoms with van der Waals surface area (Å²) in [6, 6.07) is 4.11. The first-order valence-electron chi connectivity index (χ1n) is 12.0. The Hall–Kier alpha value is -2.97. The van der Waals surface area contributed by atoms with Crippen molar-refractivity contribution in [1.29, 1.82) is 0 Å². The van der Waals surface area contributed by atoms with Gasteiger partial charge in [0.05, 0.1) is 22.3 Å². The Morgan fingerprint density at radius 1 is 0.811 bits per heavy atom. The quantitative estimate of drug-likeness (QED) is 0.237. The molecule has 0 saturated heterocycles. The molecule has 0 fully saturated rings. The summed E-state index contributed by atoms with van der Waals surface area (Å²) in [6.07, 6.45) is -6.18. The number of aryl methyl sites for hydroxylation is 1. The van der Waals surface area contributed by atoms with E-state index >= 15 is 8.78 Å². The van der Waals surface area contributed by atoms with Crippen molar-refractivity contribution >= 4 is 0 Å². The minimum Gasteiger partial charge on any atom is -0.206 e. The molecule has 0 radical (unpaired) electrons. The molecule has 0 bridgehead atoms. The van der Waals surface area contributed by atoms with E-state index in [1.54, 1.807) is 12.1 Å². The summed E-state index contributed by atoms with van der Waals surface area (Å²) < 4.78 is 115. The van der Waals surface area contributed by atoms with Gasteiger partial charge in [0.25, 0.3) is 0 Å². The molecule has 9 heteroatoms. The van der Waals surface area contributed by atoms with Crippen LogP contribution in [0.3, 0.4) is 0 Å². The predicted molar refractivity (Wildman–Crippen MR) is 124 cm³/mol. The highest BCUT2D eigenvalue weighted by molar-refractivity contribution is 5.77. The van der Waals surface area contributed by atoms with E-state index in [0.29, 0.717) is 49.1 Å². The van der Waals surface area contributed by atoms with Gasteiger partial charge in [-0.05, 0) is 61.2 Å². The maximum atomic E-state index is 16.3. The maximum absolute atomic E-state index is 16.3. The number of hydrogen-bond acceptors (Lipinski definition) is 0. The van der Waals surface area contributed by atoms with E-state index in [-0.39, 0.29) is 17.2 Å². The zero-order valence-electron chi connectivity index (χ0n) is 20.8. The van der Waals surface area contributed by atoms with Crippen molar-refractivity contribution in [2.24, 2.45) is 0 Å². The first-order valence-corrected chi connectivity index (χ1v) is 12.0. The third-order valence-corrected chi connectivity index (χ3v) is 7.64. The molecule has 1 aliphatic rings. The summed E-state index contributed by atoms with van der Waals surface area (Å²) in [5.74, 6) is -2.34. The van der Waals surface area contributed by atoms with Crippen molar-refractivity contribution in [1.82, 2.24) is 0 Å². The molecule has 1 nitrogen and oxygen atoms in total. The molecule has 1 aliphatic heterocycles. The summed E-state index contributed by atoms with van der Waals surface area (Å²) in [5, 5.41) is 0. The van der Waals surface area contributed by atoms with E-state index < -0.39 is 51.8 Å². The lowest BCUT2D eigenvalue weighted by atomic mass is 9.85. The summed E-state index contributed by atoms with van der Waals surface area (Å²) in [7, 11) is 0. The van der Waals surface area contributed by atoms with Crippen molar-refractivity contribution in [3.63, 3.8) is 0 Å². The summed E-state index contributed by atoms with van der Waals surface area (Å²) in [5.41, 5.74) is -3.73. The van der Waals surface area contributed by atoms with Crippen molar-refractivity contribution in [2.45, 2.75) is 71.3 Å². The molecule has 0 atom stereocenters. The standard InChI is InChI=1S/C28H26F8N/c1-5-26(6-2)10-9-20-16(4)24(29)22(25(30)23(20)21-8-7-15(3)14-37(21)26)17-11-18(27(31,32)33)13-19(12-17)28(34,35)36/h7-8,11-14H,5-6,9-10H2,1-4H3/q+1. The smallest absolute Gasteiger partial charge is 0.206 e. The molecule has 0 spiro atoms. The highest BCUT2D eigenvalue weighted by Crippen LogP contribution is 2.45. The average Bonchev–Trinajstić information content (AvgIpc) is 2.96. The van der Waals surface area contributed by atoms with E-state index in [2.05, 4.69) is 0 Å². The molecular formula is C28H26F8N+. The summed E-state index contributed by atoms with van der Waals surface area (Å²) in [6.45, 7) is 7.25. The molecule has 0 saturated carbocycles. The number of nitrogens with zero attached hydrogens (tertiary/aromatic N) is 1. The second kappa shape index (κ2) is 9.10. The lowest BCUT2D eigenvalue weighted by Gasteiger charge is -2.26. The Balaban J connectivity index is 2.11. The van der Waals surface area contributed by atoms with Crippen molar-refractivity contribution in [3.8, 4) is 22.4 Å². The highest BCUT2D eigenvalue weighted by Gasteiger charge is 2.44. The van der Waals surface area contributed by atoms with Crippen LogP contribution in [-0.2, 0) is 24.3 Å². The Morgan fingerprint density at radius 2 is 1.38 bits per heavy atom. The van der Waals surface area contributed by atoms with Gasteiger partial charge in [0.15, 0.2) is 11.7 Å². The van der Waals surface area contributed by atoms with Gasteiger partial charge >= 0.3 is 12.4 Å². The third-order valence-electron chi connectivity index (χ3n) is 7.64.